The fourth-order valence-electron chi connectivity index (χ4n) is 0.760. The molecule has 0 spiro atoms. The minimum absolute atomic E-state index is 0.0827. The minimum atomic E-state index is -0.236. The molecule has 0 bridgehead atoms. The van der Waals surface area contributed by atoms with Crippen LogP contribution in [0.25, 0.3) is 0 Å². The van der Waals surface area contributed by atoms with Gasteiger partial charge in [0.05, 0.1) is 18.3 Å². The van der Waals surface area contributed by atoms with Gasteiger partial charge in [-0.3, -0.25) is 0 Å². The third-order valence-electron chi connectivity index (χ3n) is 1.82. The second kappa shape index (κ2) is 3.20. The van der Waals surface area contributed by atoms with Crippen LogP contribution in [0.1, 0.15) is 19.5 Å². The number of nitrogens with zero attached hydrogens (tertiary/aromatic N) is 3. The van der Waals surface area contributed by atoms with Crippen molar-refractivity contribution in [1.82, 2.24) is 15.0 Å². The molecule has 5 heteroatoms. The van der Waals surface area contributed by atoms with Crippen LogP contribution >= 0.6 is 0 Å². The second-order valence-electron chi connectivity index (χ2n) is 3.33. The molecule has 1 heterocycles. The Kier molecular flexibility index (Phi) is 2.44. The van der Waals surface area contributed by atoms with E-state index in [1.165, 1.54) is 0 Å². The van der Waals surface area contributed by atoms with Gasteiger partial charge in [-0.05, 0) is 13.8 Å². The summed E-state index contributed by atoms with van der Waals surface area (Å²) in [6.07, 6.45) is 1.70. The third-order valence-corrected chi connectivity index (χ3v) is 1.82. The van der Waals surface area contributed by atoms with Crippen LogP contribution in [-0.4, -0.2) is 26.6 Å². The number of aromatic nitrogens is 3. The largest absolute Gasteiger partial charge is 0.390 e. The SMILES string of the molecule is CC(C)(CN)n1cc(CO)nn1. The van der Waals surface area contributed by atoms with Crippen LogP contribution in [0.5, 0.6) is 0 Å². The highest BCUT2D eigenvalue weighted by molar-refractivity contribution is 4.93. The fraction of sp³-hybridized carbons (Fsp3) is 0.714. The first-order valence-electron chi connectivity index (χ1n) is 3.83. The van der Waals surface area contributed by atoms with Crippen molar-refractivity contribution in [2.24, 2.45) is 5.73 Å². The number of hydrogen-bond acceptors (Lipinski definition) is 4. The van der Waals surface area contributed by atoms with Gasteiger partial charge in [0.15, 0.2) is 0 Å². The van der Waals surface area contributed by atoms with E-state index in [0.29, 0.717) is 12.2 Å². The van der Waals surface area contributed by atoms with E-state index in [-0.39, 0.29) is 12.1 Å². The van der Waals surface area contributed by atoms with E-state index in [2.05, 4.69) is 10.3 Å². The molecular formula is C7H14N4O. The molecule has 0 radical (unpaired) electrons. The normalized spacial score (nSPS) is 12.0. The first kappa shape index (κ1) is 9.15. The lowest BCUT2D eigenvalue weighted by Crippen LogP contribution is -2.35. The van der Waals surface area contributed by atoms with Crippen LogP contribution in [-0.2, 0) is 12.1 Å². The maximum atomic E-state index is 8.74. The van der Waals surface area contributed by atoms with E-state index in [0.717, 1.165) is 0 Å². The Hall–Kier alpha value is -0.940. The first-order valence-corrected chi connectivity index (χ1v) is 3.83. The highest BCUT2D eigenvalue weighted by Crippen LogP contribution is 2.11. The van der Waals surface area contributed by atoms with Crippen molar-refractivity contribution in [2.45, 2.75) is 26.0 Å². The number of rotatable bonds is 3. The Bertz CT molecular complexity index is 256. The Morgan fingerprint density at radius 1 is 1.67 bits per heavy atom. The van der Waals surface area contributed by atoms with Gasteiger partial charge in [0.1, 0.15) is 5.69 Å². The minimum Gasteiger partial charge on any atom is -0.390 e. The van der Waals surface area contributed by atoms with Crippen molar-refractivity contribution in [2.75, 3.05) is 6.54 Å². The number of nitrogens with two attached hydrogens (primary N) is 1. The lowest BCUT2D eigenvalue weighted by Gasteiger charge is -2.21. The van der Waals surface area contributed by atoms with Crippen molar-refractivity contribution < 1.29 is 5.11 Å². The summed E-state index contributed by atoms with van der Waals surface area (Å²) in [5, 5.41) is 16.4. The number of hydrogen-bond donors (Lipinski definition) is 2. The fourth-order valence-corrected chi connectivity index (χ4v) is 0.760. The predicted octanol–water partition coefficient (Wildman–Crippen LogP) is -0.536. The third kappa shape index (κ3) is 1.62. The molecule has 0 saturated heterocycles. The van der Waals surface area contributed by atoms with Crippen molar-refractivity contribution in [3.05, 3.63) is 11.9 Å². The summed E-state index contributed by atoms with van der Waals surface area (Å²) < 4.78 is 1.67. The summed E-state index contributed by atoms with van der Waals surface area (Å²) in [5.41, 5.74) is 5.87. The summed E-state index contributed by atoms with van der Waals surface area (Å²) >= 11 is 0. The summed E-state index contributed by atoms with van der Waals surface area (Å²) in [6.45, 7) is 4.33. The van der Waals surface area contributed by atoms with Crippen LogP contribution < -0.4 is 5.73 Å². The maximum Gasteiger partial charge on any atom is 0.108 e. The molecular weight excluding hydrogens is 156 g/mol. The summed E-state index contributed by atoms with van der Waals surface area (Å²) in [4.78, 5) is 0. The quantitative estimate of drug-likeness (QED) is 0.639. The summed E-state index contributed by atoms with van der Waals surface area (Å²) in [6, 6.07) is 0. The molecule has 12 heavy (non-hydrogen) atoms. The van der Waals surface area contributed by atoms with Gasteiger partial charge in [0.25, 0.3) is 0 Å². The lowest BCUT2D eigenvalue weighted by molar-refractivity contribution is 0.276. The highest BCUT2D eigenvalue weighted by atomic mass is 16.3. The molecule has 0 atom stereocenters. The molecule has 1 aromatic heterocycles. The van der Waals surface area contributed by atoms with E-state index in [9.17, 15) is 0 Å². The van der Waals surface area contributed by atoms with Gasteiger partial charge < -0.3 is 10.8 Å². The van der Waals surface area contributed by atoms with E-state index in [1.54, 1.807) is 10.9 Å². The Morgan fingerprint density at radius 2 is 2.33 bits per heavy atom. The van der Waals surface area contributed by atoms with Crippen molar-refractivity contribution >= 4 is 0 Å². The van der Waals surface area contributed by atoms with Gasteiger partial charge in [-0.15, -0.1) is 5.10 Å². The van der Waals surface area contributed by atoms with Crippen LogP contribution in [0.15, 0.2) is 6.20 Å². The van der Waals surface area contributed by atoms with Crippen LogP contribution in [0, 0.1) is 0 Å². The molecule has 0 aliphatic heterocycles. The average Bonchev–Trinajstić information content (AvgIpc) is 2.52. The zero-order valence-electron chi connectivity index (χ0n) is 7.36. The molecule has 5 nitrogen and oxygen atoms in total. The van der Waals surface area contributed by atoms with Crippen molar-refractivity contribution in [1.29, 1.82) is 0 Å². The van der Waals surface area contributed by atoms with E-state index < -0.39 is 0 Å². The first-order chi connectivity index (χ1) is 5.60. The average molecular weight is 170 g/mol. The van der Waals surface area contributed by atoms with Gasteiger partial charge >= 0.3 is 0 Å². The lowest BCUT2D eigenvalue weighted by atomic mass is 10.1. The van der Waals surface area contributed by atoms with Crippen LogP contribution in [0.3, 0.4) is 0 Å². The van der Waals surface area contributed by atoms with Gasteiger partial charge in [-0.1, -0.05) is 5.21 Å². The molecule has 0 saturated carbocycles. The van der Waals surface area contributed by atoms with Gasteiger partial charge in [-0.2, -0.15) is 0 Å². The van der Waals surface area contributed by atoms with E-state index >= 15 is 0 Å². The molecule has 1 rings (SSSR count). The molecule has 68 valence electrons. The number of aliphatic hydroxyl groups is 1. The van der Waals surface area contributed by atoms with E-state index in [1.807, 2.05) is 13.8 Å². The second-order valence-corrected chi connectivity index (χ2v) is 3.33. The Balaban J connectivity index is 2.88. The smallest absolute Gasteiger partial charge is 0.108 e. The molecule has 0 aromatic carbocycles. The topological polar surface area (TPSA) is 77.0 Å². The highest BCUT2D eigenvalue weighted by Gasteiger charge is 2.19. The maximum absolute atomic E-state index is 8.74. The molecule has 0 fully saturated rings. The molecule has 0 amide bonds. The molecule has 0 aliphatic rings. The number of aliphatic hydroxyl groups excluding tert-OH is 1. The monoisotopic (exact) mass is 170 g/mol. The van der Waals surface area contributed by atoms with Crippen LogP contribution in [0.2, 0.25) is 0 Å². The Morgan fingerprint density at radius 3 is 2.75 bits per heavy atom. The molecule has 3 N–H and O–H groups in total. The summed E-state index contributed by atoms with van der Waals surface area (Å²) in [7, 11) is 0. The molecule has 1 aromatic rings. The van der Waals surface area contributed by atoms with Crippen LogP contribution in [0.4, 0.5) is 0 Å². The zero-order chi connectivity index (χ0) is 9.19. The van der Waals surface area contributed by atoms with Crippen molar-refractivity contribution in [3.63, 3.8) is 0 Å². The van der Waals surface area contributed by atoms with Gasteiger partial charge in [0.2, 0.25) is 0 Å². The van der Waals surface area contributed by atoms with E-state index in [4.69, 9.17) is 10.8 Å². The standard InChI is InChI=1S/C7H14N4O/c1-7(2,5-8)11-3-6(4-12)9-10-11/h3,12H,4-5,8H2,1-2H3. The molecule has 0 aliphatic carbocycles. The summed E-state index contributed by atoms with van der Waals surface area (Å²) in [5.74, 6) is 0. The Labute approximate surface area is 71.2 Å². The predicted molar refractivity (Wildman–Crippen MR) is 44.3 cm³/mol. The van der Waals surface area contributed by atoms with Crippen molar-refractivity contribution in [3.8, 4) is 0 Å². The molecule has 0 unspecified atom stereocenters. The zero-order valence-corrected chi connectivity index (χ0v) is 7.36. The van der Waals surface area contributed by atoms with Gasteiger partial charge in [-0.25, -0.2) is 4.68 Å². The van der Waals surface area contributed by atoms with Gasteiger partial charge in [0, 0.05) is 6.54 Å².